The number of thiol groups is 1. The number of carbonyl (C=O) groups excluding carboxylic acids is 1. The predicted molar refractivity (Wildman–Crippen MR) is 36.6 cm³/mol. The van der Waals surface area contributed by atoms with Gasteiger partial charge in [0.1, 0.15) is 0 Å². The van der Waals surface area contributed by atoms with Crippen molar-refractivity contribution in [2.24, 2.45) is 0 Å². The van der Waals surface area contributed by atoms with Crippen LogP contribution in [0.1, 0.15) is 0 Å². The van der Waals surface area contributed by atoms with Gasteiger partial charge in [-0.3, -0.25) is 9.69 Å². The van der Waals surface area contributed by atoms with Gasteiger partial charge in [-0.2, -0.15) is 0 Å². The van der Waals surface area contributed by atoms with Crippen LogP contribution in [0.25, 0.3) is 0 Å². The summed E-state index contributed by atoms with van der Waals surface area (Å²) < 4.78 is 0. The fraction of sp³-hybridized carbons (Fsp3) is 0. The molecule has 2 nitrogen and oxygen atoms in total. The van der Waals surface area contributed by atoms with E-state index in [-0.39, 0.29) is 5.24 Å². The Kier molecular flexibility index (Phi) is 3.03. The molecule has 1 amide bonds. The Morgan fingerprint density at radius 2 is 1.88 bits per heavy atom. The quantitative estimate of drug-likeness (QED) is 0.562. The van der Waals surface area contributed by atoms with Gasteiger partial charge < -0.3 is 0 Å². The van der Waals surface area contributed by atoms with Crippen molar-refractivity contribution in [2.75, 3.05) is 0 Å². The largest absolute Gasteiger partial charge is 0.287 e. The molecule has 0 saturated heterocycles. The number of carbonyl (C=O) groups is 1. The Morgan fingerprint density at radius 1 is 1.50 bits per heavy atom. The van der Waals surface area contributed by atoms with Crippen LogP contribution >= 0.6 is 12.6 Å². The van der Waals surface area contributed by atoms with Crippen LogP contribution in [0.15, 0.2) is 25.6 Å². The van der Waals surface area contributed by atoms with E-state index in [0.717, 1.165) is 0 Å². The number of hydrogen-bond acceptors (Lipinski definition) is 1. The average Bonchev–Trinajstić information content (AvgIpc) is 1.69. The first-order valence-corrected chi connectivity index (χ1v) is 2.43. The Bertz CT molecular complexity index is 114. The van der Waals surface area contributed by atoms with Crippen molar-refractivity contribution in [1.82, 2.24) is 4.90 Å². The highest BCUT2D eigenvalue weighted by Crippen LogP contribution is 1.94. The van der Waals surface area contributed by atoms with Crippen molar-refractivity contribution < 1.29 is 4.79 Å². The molecule has 0 aliphatic heterocycles. The lowest BCUT2D eigenvalue weighted by Gasteiger charge is -2.05. The maximum atomic E-state index is 10.3. The minimum Gasteiger partial charge on any atom is -0.287 e. The fourth-order valence-electron chi connectivity index (χ4n) is 0.231. The van der Waals surface area contributed by atoms with Gasteiger partial charge in [-0.15, -0.1) is 0 Å². The van der Waals surface area contributed by atoms with Crippen LogP contribution in [0, 0.1) is 0 Å². The Labute approximate surface area is 53.9 Å². The predicted octanol–water partition coefficient (Wildman–Crippen LogP) is 1.63. The number of hydrogen-bond donors (Lipinski definition) is 1. The summed E-state index contributed by atoms with van der Waals surface area (Å²) in [6.07, 6.45) is 2.67. The normalized spacial score (nSPS) is 7.62. The van der Waals surface area contributed by atoms with Gasteiger partial charge in [-0.1, -0.05) is 25.8 Å². The maximum absolute atomic E-state index is 10.3. The smallest absolute Gasteiger partial charge is 0.286 e. The molecule has 0 radical (unpaired) electrons. The third-order valence-corrected chi connectivity index (χ3v) is 0.845. The lowest BCUT2D eigenvalue weighted by Crippen LogP contribution is -2.10. The monoisotopic (exact) mass is 129 g/mol. The van der Waals surface area contributed by atoms with Crippen molar-refractivity contribution in [3.8, 4) is 0 Å². The van der Waals surface area contributed by atoms with Crippen LogP contribution in [-0.2, 0) is 0 Å². The van der Waals surface area contributed by atoms with Gasteiger partial charge in [-0.25, -0.2) is 0 Å². The zero-order valence-electron chi connectivity index (χ0n) is 4.37. The summed E-state index contributed by atoms with van der Waals surface area (Å²) in [5.41, 5.74) is 0. The molecule has 0 heterocycles. The molecule has 8 heavy (non-hydrogen) atoms. The second-order valence-corrected chi connectivity index (χ2v) is 1.44. The first-order chi connectivity index (χ1) is 3.72. The first kappa shape index (κ1) is 7.30. The highest BCUT2D eigenvalue weighted by molar-refractivity contribution is 7.96. The van der Waals surface area contributed by atoms with E-state index in [2.05, 4.69) is 25.8 Å². The molecule has 0 atom stereocenters. The van der Waals surface area contributed by atoms with E-state index < -0.39 is 0 Å². The Balaban J connectivity index is 3.88. The van der Waals surface area contributed by atoms with Crippen LogP contribution in [-0.4, -0.2) is 10.1 Å². The van der Waals surface area contributed by atoms with Crippen LogP contribution in [0.2, 0.25) is 0 Å². The SMILES string of the molecule is C=CN(C=C)C(=O)S. The molecule has 0 aliphatic rings. The second-order valence-electron chi connectivity index (χ2n) is 1.05. The maximum Gasteiger partial charge on any atom is 0.286 e. The van der Waals surface area contributed by atoms with E-state index in [9.17, 15) is 4.79 Å². The van der Waals surface area contributed by atoms with Crippen LogP contribution in [0.4, 0.5) is 4.79 Å². The molecule has 0 aromatic carbocycles. The lowest BCUT2D eigenvalue weighted by molar-refractivity contribution is 0.249. The third kappa shape index (κ3) is 1.84. The molecule has 0 unspecified atom stereocenters. The minimum absolute atomic E-state index is 0.380. The highest BCUT2D eigenvalue weighted by Gasteiger charge is 1.95. The van der Waals surface area contributed by atoms with Crippen molar-refractivity contribution in [3.63, 3.8) is 0 Å². The zero-order valence-corrected chi connectivity index (χ0v) is 5.27. The third-order valence-electron chi connectivity index (χ3n) is 0.614. The van der Waals surface area contributed by atoms with Gasteiger partial charge in [0.05, 0.1) is 0 Å². The van der Waals surface area contributed by atoms with E-state index in [0.29, 0.717) is 0 Å². The molecule has 0 aliphatic carbocycles. The van der Waals surface area contributed by atoms with Gasteiger partial charge in [-0.05, 0) is 0 Å². The standard InChI is InChI=1S/C5H7NOS/c1-3-6(4-2)5(7)8/h3-4H,1-2H2,(H,7,8). The molecule has 0 bridgehead atoms. The summed E-state index contributed by atoms with van der Waals surface area (Å²) >= 11 is 3.50. The van der Waals surface area contributed by atoms with Gasteiger partial charge in [0.2, 0.25) is 0 Å². The van der Waals surface area contributed by atoms with Crippen LogP contribution in [0.3, 0.4) is 0 Å². The Hall–Kier alpha value is -0.700. The molecule has 0 aromatic rings. The molecule has 0 rings (SSSR count). The van der Waals surface area contributed by atoms with Gasteiger partial charge in [0.15, 0.2) is 0 Å². The van der Waals surface area contributed by atoms with Crippen molar-refractivity contribution >= 4 is 17.9 Å². The summed E-state index contributed by atoms with van der Waals surface area (Å²) in [5, 5.41) is -0.380. The average molecular weight is 129 g/mol. The van der Waals surface area contributed by atoms with E-state index in [1.165, 1.54) is 17.3 Å². The molecule has 0 fully saturated rings. The van der Waals surface area contributed by atoms with Crippen LogP contribution in [0.5, 0.6) is 0 Å². The summed E-state index contributed by atoms with van der Waals surface area (Å²) in [6, 6.07) is 0. The van der Waals surface area contributed by atoms with Crippen molar-refractivity contribution in [3.05, 3.63) is 25.6 Å². The fourth-order valence-corrected chi connectivity index (χ4v) is 0.394. The van der Waals surface area contributed by atoms with E-state index in [1.807, 2.05) is 0 Å². The number of nitrogens with zero attached hydrogens (tertiary/aromatic N) is 1. The van der Waals surface area contributed by atoms with E-state index in [1.54, 1.807) is 0 Å². The van der Waals surface area contributed by atoms with Gasteiger partial charge in [0, 0.05) is 12.4 Å². The van der Waals surface area contributed by atoms with Crippen molar-refractivity contribution in [2.45, 2.75) is 0 Å². The van der Waals surface area contributed by atoms with Gasteiger partial charge in [0.25, 0.3) is 5.24 Å². The number of amides is 1. The molecule has 3 heteroatoms. The minimum atomic E-state index is -0.380. The summed E-state index contributed by atoms with van der Waals surface area (Å²) in [5.74, 6) is 0. The molecule has 44 valence electrons. The zero-order chi connectivity index (χ0) is 6.57. The van der Waals surface area contributed by atoms with Crippen LogP contribution < -0.4 is 0 Å². The lowest BCUT2D eigenvalue weighted by atomic mass is 10.8. The molecule has 0 aromatic heterocycles. The molecular formula is C5H7NOS. The van der Waals surface area contributed by atoms with Gasteiger partial charge >= 0.3 is 0 Å². The topological polar surface area (TPSA) is 20.3 Å². The summed E-state index contributed by atoms with van der Waals surface area (Å²) in [7, 11) is 0. The summed E-state index contributed by atoms with van der Waals surface area (Å²) in [6.45, 7) is 6.68. The summed E-state index contributed by atoms with van der Waals surface area (Å²) in [4.78, 5) is 11.4. The Morgan fingerprint density at radius 3 is 1.88 bits per heavy atom. The number of rotatable bonds is 2. The molecule has 0 spiro atoms. The molecule has 0 N–H and O–H groups in total. The highest BCUT2D eigenvalue weighted by atomic mass is 32.1. The molecular weight excluding hydrogens is 122 g/mol. The van der Waals surface area contributed by atoms with E-state index in [4.69, 9.17) is 0 Å². The van der Waals surface area contributed by atoms with Crippen molar-refractivity contribution in [1.29, 1.82) is 0 Å². The first-order valence-electron chi connectivity index (χ1n) is 1.98. The molecule has 0 saturated carbocycles. The van der Waals surface area contributed by atoms with E-state index >= 15 is 0 Å². The second kappa shape index (κ2) is 3.32.